The van der Waals surface area contributed by atoms with Crippen LogP contribution in [0.4, 0.5) is 18.9 Å². The fourth-order valence-electron chi connectivity index (χ4n) is 6.25. The number of rotatable bonds is 7. The lowest BCUT2D eigenvalue weighted by Crippen LogP contribution is -2.64. The number of nitrogens with zero attached hydrogens (tertiary/aromatic N) is 3. The highest BCUT2D eigenvalue weighted by Crippen LogP contribution is 2.39. The van der Waals surface area contributed by atoms with Crippen LogP contribution in [0, 0.1) is 0 Å². The van der Waals surface area contributed by atoms with Crippen molar-refractivity contribution >= 4 is 32.8 Å². The smallest absolute Gasteiger partial charge is 0.381 e. The standard InChI is InChI=1S/C28H36F3N3O5S2/c1-27(35,28(29,30)31)19-7-9-20(10-8-19)33-12-11-32(41(36,37)26-6-4-3-5-25(26)40)15-23(33)16-34-21-13-24(38-2)14-22(34)18-39-17-21/h3-4,6-10,21-24,35H,5,11-18H2,1-2H3/t21-,22+,23-,24?,27-/m1/s1. The Balaban J connectivity index is 1.44. The van der Waals surface area contributed by atoms with Gasteiger partial charge in [0.1, 0.15) is 0 Å². The highest BCUT2D eigenvalue weighted by molar-refractivity contribution is 7.96. The normalized spacial score (nSPS) is 29.8. The lowest BCUT2D eigenvalue weighted by Gasteiger charge is -2.51. The third kappa shape index (κ3) is 5.99. The third-order valence-corrected chi connectivity index (χ3v) is 11.2. The van der Waals surface area contributed by atoms with Crippen molar-refractivity contribution in [3.63, 3.8) is 0 Å². The van der Waals surface area contributed by atoms with Crippen molar-refractivity contribution in [1.29, 1.82) is 0 Å². The Hall–Kier alpha value is -1.87. The minimum atomic E-state index is -4.82. The van der Waals surface area contributed by atoms with E-state index in [1.54, 1.807) is 31.4 Å². The number of ether oxygens (including phenoxy) is 2. The van der Waals surface area contributed by atoms with Crippen LogP contribution in [-0.2, 0) is 25.1 Å². The first kappa shape index (κ1) is 30.6. The molecule has 0 saturated carbocycles. The number of methoxy groups -OCH3 is 1. The van der Waals surface area contributed by atoms with Crippen molar-refractivity contribution in [3.05, 3.63) is 53.0 Å². The first-order valence-corrected chi connectivity index (χ1v) is 15.6. The molecule has 0 spiro atoms. The second-order valence-corrected chi connectivity index (χ2v) is 13.7. The number of aliphatic hydroxyl groups is 1. The molecule has 226 valence electrons. The fraction of sp³-hybridized carbons (Fsp3) is 0.607. The number of anilines is 1. The second kappa shape index (κ2) is 11.7. The number of morpholine rings is 1. The van der Waals surface area contributed by atoms with Crippen molar-refractivity contribution in [3.8, 4) is 0 Å². The maximum atomic E-state index is 13.7. The average molecular weight is 616 g/mol. The summed E-state index contributed by atoms with van der Waals surface area (Å²) in [5.74, 6) is 0. The largest absolute Gasteiger partial charge is 0.421 e. The van der Waals surface area contributed by atoms with E-state index < -0.39 is 21.8 Å². The number of halogens is 3. The van der Waals surface area contributed by atoms with Gasteiger partial charge in [-0.2, -0.15) is 17.5 Å². The molecular weight excluding hydrogens is 579 g/mol. The molecule has 1 aromatic rings. The van der Waals surface area contributed by atoms with E-state index >= 15 is 0 Å². The number of alkyl halides is 3. The molecule has 1 aromatic carbocycles. The Morgan fingerprint density at radius 2 is 1.78 bits per heavy atom. The first-order valence-electron chi connectivity index (χ1n) is 13.8. The van der Waals surface area contributed by atoms with Crippen molar-refractivity contribution < 1.29 is 36.2 Å². The molecule has 0 amide bonds. The molecule has 0 radical (unpaired) electrons. The molecule has 4 aliphatic rings. The Kier molecular flexibility index (Phi) is 8.70. The Labute approximate surface area is 244 Å². The topological polar surface area (TPSA) is 82.6 Å². The molecule has 5 atom stereocenters. The number of sulfonamides is 1. The van der Waals surface area contributed by atoms with E-state index in [2.05, 4.69) is 9.80 Å². The lowest BCUT2D eigenvalue weighted by atomic mass is 9.91. The highest BCUT2D eigenvalue weighted by Gasteiger charge is 2.51. The molecule has 2 bridgehead atoms. The quantitative estimate of drug-likeness (QED) is 0.468. The summed E-state index contributed by atoms with van der Waals surface area (Å²) in [6, 6.07) is 5.64. The molecule has 3 heterocycles. The summed E-state index contributed by atoms with van der Waals surface area (Å²) in [7, 11) is -2.12. The van der Waals surface area contributed by atoms with E-state index in [1.165, 1.54) is 16.4 Å². The number of piperazine rings is 1. The fourth-order valence-corrected chi connectivity index (χ4v) is 8.32. The molecule has 41 heavy (non-hydrogen) atoms. The van der Waals surface area contributed by atoms with Crippen LogP contribution in [-0.4, -0.2) is 105 Å². The van der Waals surface area contributed by atoms with E-state index in [0.29, 0.717) is 43.3 Å². The molecule has 8 nitrogen and oxygen atoms in total. The van der Waals surface area contributed by atoms with Gasteiger partial charge in [-0.1, -0.05) is 36.5 Å². The molecule has 1 unspecified atom stereocenters. The van der Waals surface area contributed by atoms with Crippen LogP contribution in [0.15, 0.2) is 47.4 Å². The van der Waals surface area contributed by atoms with Gasteiger partial charge < -0.3 is 19.5 Å². The van der Waals surface area contributed by atoms with E-state index in [1.807, 2.05) is 6.08 Å². The Morgan fingerprint density at radius 1 is 1.12 bits per heavy atom. The van der Waals surface area contributed by atoms with Gasteiger partial charge in [0, 0.05) is 62.3 Å². The monoisotopic (exact) mass is 615 g/mol. The molecular formula is C28H36F3N3O5S2. The second-order valence-electron chi connectivity index (χ2n) is 11.3. The average Bonchev–Trinajstić information content (AvgIpc) is 2.92. The van der Waals surface area contributed by atoms with E-state index in [9.17, 15) is 26.7 Å². The van der Waals surface area contributed by atoms with Crippen molar-refractivity contribution in [2.45, 2.75) is 62.2 Å². The van der Waals surface area contributed by atoms with Gasteiger partial charge in [-0.05, 0) is 43.5 Å². The summed E-state index contributed by atoms with van der Waals surface area (Å²) >= 11 is 5.38. The number of hydrogen-bond donors (Lipinski definition) is 1. The van der Waals surface area contributed by atoms with Crippen molar-refractivity contribution in [2.75, 3.05) is 51.4 Å². The van der Waals surface area contributed by atoms with Crippen molar-refractivity contribution in [1.82, 2.24) is 9.21 Å². The molecule has 13 heteroatoms. The van der Waals surface area contributed by atoms with E-state index in [4.69, 9.17) is 21.7 Å². The molecule has 1 aliphatic carbocycles. The lowest BCUT2D eigenvalue weighted by molar-refractivity contribution is -0.258. The summed E-state index contributed by atoms with van der Waals surface area (Å²) in [5.41, 5.74) is -2.58. The van der Waals surface area contributed by atoms with Crippen LogP contribution >= 0.6 is 12.2 Å². The van der Waals surface area contributed by atoms with Gasteiger partial charge >= 0.3 is 6.18 Å². The van der Waals surface area contributed by atoms with Gasteiger partial charge in [0.15, 0.2) is 5.60 Å². The maximum absolute atomic E-state index is 13.7. The number of benzene rings is 1. The zero-order valence-corrected chi connectivity index (χ0v) is 24.7. The molecule has 0 aromatic heterocycles. The molecule has 1 N–H and O–H groups in total. The summed E-state index contributed by atoms with van der Waals surface area (Å²) < 4.78 is 80.6. The van der Waals surface area contributed by atoms with E-state index in [0.717, 1.165) is 19.8 Å². The number of thiocarbonyl (C=S) groups is 1. The maximum Gasteiger partial charge on any atom is 0.421 e. The molecule has 3 fully saturated rings. The zero-order chi connectivity index (χ0) is 29.6. The number of piperidine rings is 1. The predicted octanol–water partition coefficient (Wildman–Crippen LogP) is 3.37. The van der Waals surface area contributed by atoms with Gasteiger partial charge in [0.05, 0.1) is 30.3 Å². The SMILES string of the molecule is COC1C[C@H]2COC[C@@H](C1)N2C[C@H]1CN(S(=O)(=O)C2=CC=CCC2=S)CCN1c1ccc([C@@](C)(O)C(F)(F)F)cc1. The number of fused-ring (bicyclic) bond motifs is 2. The van der Waals surface area contributed by atoms with Crippen LogP contribution in [0.2, 0.25) is 0 Å². The van der Waals surface area contributed by atoms with Gasteiger partial charge in [-0.15, -0.1) is 0 Å². The van der Waals surface area contributed by atoms with Crippen molar-refractivity contribution in [2.24, 2.45) is 0 Å². The zero-order valence-electron chi connectivity index (χ0n) is 23.1. The van der Waals surface area contributed by atoms with Crippen LogP contribution in [0.5, 0.6) is 0 Å². The van der Waals surface area contributed by atoms with E-state index in [-0.39, 0.29) is 47.8 Å². The predicted molar refractivity (Wildman–Crippen MR) is 153 cm³/mol. The highest BCUT2D eigenvalue weighted by atomic mass is 32.2. The van der Waals surface area contributed by atoms with Gasteiger partial charge in [-0.25, -0.2) is 8.42 Å². The molecule has 3 saturated heterocycles. The number of allylic oxidation sites excluding steroid dienone is 4. The Morgan fingerprint density at radius 3 is 2.37 bits per heavy atom. The summed E-state index contributed by atoms with van der Waals surface area (Å²) in [6.45, 7) is 3.13. The summed E-state index contributed by atoms with van der Waals surface area (Å²) in [5, 5.41) is 10.1. The van der Waals surface area contributed by atoms with Gasteiger partial charge in [-0.3, -0.25) is 4.90 Å². The van der Waals surface area contributed by atoms with Gasteiger partial charge in [0.25, 0.3) is 0 Å². The summed E-state index contributed by atoms with van der Waals surface area (Å²) in [4.78, 5) is 4.96. The van der Waals surface area contributed by atoms with Crippen LogP contribution in [0.3, 0.4) is 0 Å². The third-order valence-electron chi connectivity index (χ3n) is 8.72. The molecule has 3 aliphatic heterocycles. The number of hydrogen-bond acceptors (Lipinski definition) is 8. The summed E-state index contributed by atoms with van der Waals surface area (Å²) in [6.07, 6.45) is 2.38. The molecule has 5 rings (SSSR count). The van der Waals surface area contributed by atoms with Gasteiger partial charge in [0.2, 0.25) is 10.0 Å². The minimum absolute atomic E-state index is 0.115. The Bertz CT molecular complexity index is 1290. The van der Waals surface area contributed by atoms with Crippen LogP contribution in [0.25, 0.3) is 0 Å². The van der Waals surface area contributed by atoms with Crippen LogP contribution in [0.1, 0.15) is 31.7 Å². The first-order chi connectivity index (χ1) is 19.3. The van der Waals surface area contributed by atoms with Crippen LogP contribution < -0.4 is 4.90 Å². The minimum Gasteiger partial charge on any atom is -0.381 e.